The summed E-state index contributed by atoms with van der Waals surface area (Å²) in [6, 6.07) is 0. The van der Waals surface area contributed by atoms with Crippen molar-refractivity contribution in [2.24, 2.45) is 5.41 Å². The van der Waals surface area contributed by atoms with Gasteiger partial charge in [-0.2, -0.15) is 0 Å². The van der Waals surface area contributed by atoms with Crippen LogP contribution in [-0.2, 0) is 14.3 Å². The number of likely N-dealkylation sites (N-methyl/N-ethyl adjacent to an activating group) is 1. The quantitative estimate of drug-likeness (QED) is 0.476. The van der Waals surface area contributed by atoms with Gasteiger partial charge in [-0.1, -0.05) is 6.92 Å². The molecular formula is C13H25NO3. The zero-order valence-corrected chi connectivity index (χ0v) is 11.1. The summed E-state index contributed by atoms with van der Waals surface area (Å²) in [6.45, 7) is 9.75. The number of hydrogen-bond acceptors (Lipinski definition) is 4. The van der Waals surface area contributed by atoms with Crippen LogP contribution in [0.3, 0.4) is 0 Å². The van der Waals surface area contributed by atoms with Gasteiger partial charge in [0.1, 0.15) is 6.29 Å². The van der Waals surface area contributed by atoms with Gasteiger partial charge in [0, 0.05) is 38.3 Å². The molecule has 0 aromatic heterocycles. The molecule has 0 unspecified atom stereocenters. The summed E-state index contributed by atoms with van der Waals surface area (Å²) in [7, 11) is 0. The Morgan fingerprint density at radius 3 is 2.59 bits per heavy atom. The van der Waals surface area contributed by atoms with Crippen LogP contribution in [0.25, 0.3) is 0 Å². The topological polar surface area (TPSA) is 38.8 Å². The first-order valence-electron chi connectivity index (χ1n) is 6.60. The molecule has 0 amide bonds. The van der Waals surface area contributed by atoms with Gasteiger partial charge in [-0.15, -0.1) is 0 Å². The van der Waals surface area contributed by atoms with Crippen LogP contribution in [0.1, 0.15) is 26.7 Å². The van der Waals surface area contributed by atoms with E-state index in [9.17, 15) is 4.79 Å². The molecule has 0 N–H and O–H groups in total. The molecule has 0 radical (unpaired) electrons. The van der Waals surface area contributed by atoms with Crippen LogP contribution >= 0.6 is 0 Å². The lowest BCUT2D eigenvalue weighted by Gasteiger charge is -2.36. The summed E-state index contributed by atoms with van der Waals surface area (Å²) in [5.74, 6) is 0. The lowest BCUT2D eigenvalue weighted by molar-refractivity contribution is -0.123. The summed E-state index contributed by atoms with van der Waals surface area (Å²) in [5.41, 5.74) is -0.194. The van der Waals surface area contributed by atoms with Crippen LogP contribution in [0, 0.1) is 5.41 Å². The van der Waals surface area contributed by atoms with Gasteiger partial charge in [0.2, 0.25) is 0 Å². The van der Waals surface area contributed by atoms with Gasteiger partial charge in [0.15, 0.2) is 0 Å². The highest BCUT2D eigenvalue weighted by Crippen LogP contribution is 2.29. The Balaban J connectivity index is 2.43. The maximum atomic E-state index is 11.3. The highest BCUT2D eigenvalue weighted by atomic mass is 16.5. The molecule has 0 atom stereocenters. The van der Waals surface area contributed by atoms with E-state index in [-0.39, 0.29) is 5.41 Å². The Morgan fingerprint density at radius 1 is 1.35 bits per heavy atom. The average molecular weight is 243 g/mol. The van der Waals surface area contributed by atoms with Gasteiger partial charge in [-0.3, -0.25) is 0 Å². The molecule has 4 nitrogen and oxygen atoms in total. The molecule has 1 saturated heterocycles. The number of aldehydes is 1. The van der Waals surface area contributed by atoms with E-state index in [2.05, 4.69) is 11.8 Å². The predicted molar refractivity (Wildman–Crippen MR) is 67.2 cm³/mol. The molecule has 0 aliphatic carbocycles. The maximum absolute atomic E-state index is 11.3. The van der Waals surface area contributed by atoms with Crippen LogP contribution in [0.4, 0.5) is 0 Å². The fourth-order valence-corrected chi connectivity index (χ4v) is 2.22. The minimum Gasteiger partial charge on any atom is -0.381 e. The van der Waals surface area contributed by atoms with Crippen molar-refractivity contribution in [2.45, 2.75) is 26.7 Å². The normalized spacial score (nSPS) is 19.5. The van der Waals surface area contributed by atoms with E-state index < -0.39 is 0 Å². The summed E-state index contributed by atoms with van der Waals surface area (Å²) >= 11 is 0. The summed E-state index contributed by atoms with van der Waals surface area (Å²) in [6.07, 6.45) is 2.84. The van der Waals surface area contributed by atoms with Crippen molar-refractivity contribution in [3.63, 3.8) is 0 Å². The minimum atomic E-state index is -0.194. The van der Waals surface area contributed by atoms with Gasteiger partial charge in [-0.05, 0) is 26.3 Å². The molecule has 1 rings (SSSR count). The SMILES string of the molecule is CCOCCN(CC)CC1(C=O)CCOCC1. The fraction of sp³-hybridized carbons (Fsp3) is 0.923. The van der Waals surface area contributed by atoms with Crippen LogP contribution in [-0.4, -0.2) is 57.2 Å². The Bertz CT molecular complexity index is 215. The standard InChI is InChI=1S/C13H25NO3/c1-3-14(7-10-16-4-2)11-13(12-15)5-8-17-9-6-13/h12H,3-11H2,1-2H3. The van der Waals surface area contributed by atoms with Crippen molar-refractivity contribution >= 4 is 6.29 Å². The zero-order chi connectivity index (χ0) is 12.6. The molecule has 100 valence electrons. The average Bonchev–Trinajstić information content (AvgIpc) is 2.39. The first kappa shape index (κ1) is 14.6. The molecule has 1 aliphatic heterocycles. The van der Waals surface area contributed by atoms with E-state index in [1.807, 2.05) is 6.92 Å². The molecule has 17 heavy (non-hydrogen) atoms. The Kier molecular flexibility index (Phi) is 6.70. The van der Waals surface area contributed by atoms with E-state index in [1.54, 1.807) is 0 Å². The number of carbonyl (C=O) groups excluding carboxylic acids is 1. The molecule has 1 fully saturated rings. The van der Waals surface area contributed by atoms with Crippen molar-refractivity contribution < 1.29 is 14.3 Å². The lowest BCUT2D eigenvalue weighted by Crippen LogP contribution is -2.43. The number of hydrogen-bond donors (Lipinski definition) is 0. The van der Waals surface area contributed by atoms with Crippen molar-refractivity contribution in [3.8, 4) is 0 Å². The third-order valence-corrected chi connectivity index (χ3v) is 3.48. The molecule has 0 bridgehead atoms. The van der Waals surface area contributed by atoms with E-state index in [4.69, 9.17) is 9.47 Å². The third kappa shape index (κ3) is 4.74. The van der Waals surface area contributed by atoms with Crippen molar-refractivity contribution in [1.82, 2.24) is 4.90 Å². The summed E-state index contributed by atoms with van der Waals surface area (Å²) < 4.78 is 10.7. The second-order valence-corrected chi connectivity index (χ2v) is 4.66. The molecule has 0 saturated carbocycles. The summed E-state index contributed by atoms with van der Waals surface area (Å²) in [4.78, 5) is 13.7. The molecular weight excluding hydrogens is 218 g/mol. The predicted octanol–water partition coefficient (Wildman–Crippen LogP) is 1.34. The smallest absolute Gasteiger partial charge is 0.127 e. The van der Waals surface area contributed by atoms with Gasteiger partial charge in [0.05, 0.1) is 6.61 Å². The van der Waals surface area contributed by atoms with E-state index in [0.29, 0.717) is 13.2 Å². The molecule has 0 spiro atoms. The van der Waals surface area contributed by atoms with Crippen LogP contribution in [0.2, 0.25) is 0 Å². The maximum Gasteiger partial charge on any atom is 0.127 e. The Hall–Kier alpha value is -0.450. The van der Waals surface area contributed by atoms with E-state index >= 15 is 0 Å². The molecule has 4 heteroatoms. The van der Waals surface area contributed by atoms with Gasteiger partial charge in [0.25, 0.3) is 0 Å². The second-order valence-electron chi connectivity index (χ2n) is 4.66. The number of nitrogens with zero attached hydrogens (tertiary/aromatic N) is 1. The first-order chi connectivity index (χ1) is 8.26. The highest BCUT2D eigenvalue weighted by Gasteiger charge is 2.33. The first-order valence-corrected chi connectivity index (χ1v) is 6.60. The molecule has 0 aromatic carbocycles. The van der Waals surface area contributed by atoms with Crippen LogP contribution in [0.5, 0.6) is 0 Å². The van der Waals surface area contributed by atoms with Crippen molar-refractivity contribution in [3.05, 3.63) is 0 Å². The third-order valence-electron chi connectivity index (χ3n) is 3.48. The molecule has 1 heterocycles. The Morgan fingerprint density at radius 2 is 2.06 bits per heavy atom. The number of carbonyl (C=O) groups is 1. The zero-order valence-electron chi connectivity index (χ0n) is 11.1. The lowest BCUT2D eigenvalue weighted by atomic mass is 9.81. The highest BCUT2D eigenvalue weighted by molar-refractivity contribution is 5.60. The fourth-order valence-electron chi connectivity index (χ4n) is 2.22. The molecule has 1 aliphatic rings. The van der Waals surface area contributed by atoms with Gasteiger partial charge < -0.3 is 19.2 Å². The second kappa shape index (κ2) is 7.80. The van der Waals surface area contributed by atoms with Crippen LogP contribution in [0.15, 0.2) is 0 Å². The largest absolute Gasteiger partial charge is 0.381 e. The molecule has 0 aromatic rings. The number of ether oxygens (including phenoxy) is 2. The Labute approximate surface area is 104 Å². The van der Waals surface area contributed by atoms with E-state index in [0.717, 1.165) is 52.0 Å². The van der Waals surface area contributed by atoms with Crippen molar-refractivity contribution in [1.29, 1.82) is 0 Å². The number of rotatable bonds is 8. The van der Waals surface area contributed by atoms with Gasteiger partial charge in [-0.25, -0.2) is 0 Å². The van der Waals surface area contributed by atoms with E-state index in [1.165, 1.54) is 0 Å². The minimum absolute atomic E-state index is 0.194. The van der Waals surface area contributed by atoms with Crippen molar-refractivity contribution in [2.75, 3.05) is 46.1 Å². The monoisotopic (exact) mass is 243 g/mol. The summed E-state index contributed by atoms with van der Waals surface area (Å²) in [5, 5.41) is 0. The van der Waals surface area contributed by atoms with Crippen LogP contribution < -0.4 is 0 Å². The van der Waals surface area contributed by atoms with Gasteiger partial charge >= 0.3 is 0 Å².